The van der Waals surface area contributed by atoms with Crippen LogP contribution in [0.3, 0.4) is 0 Å². The van der Waals surface area contributed by atoms with Gasteiger partial charge in [-0.1, -0.05) is 6.92 Å². The van der Waals surface area contributed by atoms with Crippen molar-refractivity contribution in [3.63, 3.8) is 0 Å². The number of carboxylic acids is 1. The molecule has 0 atom stereocenters. The van der Waals surface area contributed by atoms with Gasteiger partial charge in [0.2, 0.25) is 0 Å². The average Bonchev–Trinajstić information content (AvgIpc) is 2.26. The summed E-state index contributed by atoms with van der Waals surface area (Å²) in [5, 5.41) is 12.3. The quantitative estimate of drug-likeness (QED) is 0.834. The zero-order chi connectivity index (χ0) is 15.6. The number of hydrogen-bond acceptors (Lipinski definition) is 3. The summed E-state index contributed by atoms with van der Waals surface area (Å²) < 4.78 is 5.27. The summed E-state index contributed by atoms with van der Waals surface area (Å²) in [7, 11) is 0. The van der Waals surface area contributed by atoms with E-state index in [-0.39, 0.29) is 5.54 Å². The number of nitrogens with one attached hydrogen (secondary N) is 1. The van der Waals surface area contributed by atoms with Gasteiger partial charge in [0.05, 0.1) is 5.41 Å². The van der Waals surface area contributed by atoms with Gasteiger partial charge in [-0.15, -0.1) is 0 Å². The molecule has 1 rings (SSSR count). The molecule has 20 heavy (non-hydrogen) atoms. The minimum atomic E-state index is -0.723. The van der Waals surface area contributed by atoms with Crippen molar-refractivity contribution < 1.29 is 19.4 Å². The van der Waals surface area contributed by atoms with Gasteiger partial charge in [0.25, 0.3) is 0 Å². The summed E-state index contributed by atoms with van der Waals surface area (Å²) in [4.78, 5) is 23.3. The molecule has 116 valence electrons. The normalized spacial score (nSPS) is 30.6. The molecule has 0 heterocycles. The van der Waals surface area contributed by atoms with Crippen molar-refractivity contribution >= 4 is 12.1 Å². The molecule has 1 fully saturated rings. The lowest BCUT2D eigenvalue weighted by Gasteiger charge is -2.42. The summed E-state index contributed by atoms with van der Waals surface area (Å²) in [6, 6.07) is 0. The molecule has 0 aromatic heterocycles. The molecule has 0 unspecified atom stereocenters. The van der Waals surface area contributed by atoms with E-state index in [1.165, 1.54) is 0 Å². The van der Waals surface area contributed by atoms with Crippen LogP contribution in [0.15, 0.2) is 0 Å². The van der Waals surface area contributed by atoms with E-state index >= 15 is 0 Å². The van der Waals surface area contributed by atoms with Crippen molar-refractivity contribution in [2.75, 3.05) is 0 Å². The number of carboxylic acid groups (broad SMARTS) is 1. The van der Waals surface area contributed by atoms with Gasteiger partial charge < -0.3 is 15.2 Å². The first-order valence-corrected chi connectivity index (χ1v) is 7.26. The van der Waals surface area contributed by atoms with E-state index in [0.29, 0.717) is 32.1 Å². The third-order valence-corrected chi connectivity index (χ3v) is 4.24. The fourth-order valence-electron chi connectivity index (χ4n) is 2.67. The van der Waals surface area contributed by atoms with E-state index in [0.717, 1.165) is 0 Å². The molecule has 1 aliphatic carbocycles. The molecular weight excluding hydrogens is 258 g/mol. The summed E-state index contributed by atoms with van der Waals surface area (Å²) >= 11 is 0. The number of rotatable bonds is 3. The molecule has 1 saturated carbocycles. The van der Waals surface area contributed by atoms with Crippen LogP contribution in [-0.4, -0.2) is 28.3 Å². The average molecular weight is 285 g/mol. The third kappa shape index (κ3) is 4.12. The molecule has 0 bridgehead atoms. The Hall–Kier alpha value is -1.26. The van der Waals surface area contributed by atoms with E-state index in [1.807, 2.05) is 34.6 Å². The maximum absolute atomic E-state index is 11.8. The molecule has 0 radical (unpaired) electrons. The lowest BCUT2D eigenvalue weighted by molar-refractivity contribution is -0.152. The Morgan fingerprint density at radius 3 is 2.05 bits per heavy atom. The number of hydrogen-bond donors (Lipinski definition) is 2. The first-order chi connectivity index (χ1) is 9.02. The molecule has 1 amide bonds. The van der Waals surface area contributed by atoms with Crippen LogP contribution in [0.25, 0.3) is 0 Å². The highest BCUT2D eigenvalue weighted by atomic mass is 16.6. The fraction of sp³-hybridized carbons (Fsp3) is 0.867. The summed E-state index contributed by atoms with van der Waals surface area (Å²) in [5.41, 5.74) is -1.53. The summed E-state index contributed by atoms with van der Waals surface area (Å²) in [5.74, 6) is -0.723. The topological polar surface area (TPSA) is 75.6 Å². The number of carbonyl (C=O) groups is 2. The molecule has 5 nitrogen and oxygen atoms in total. The van der Waals surface area contributed by atoms with Gasteiger partial charge in [0.15, 0.2) is 0 Å². The van der Waals surface area contributed by atoms with Crippen molar-refractivity contribution in [1.29, 1.82) is 0 Å². The number of carbonyl (C=O) groups excluding carboxylic acids is 1. The minimum Gasteiger partial charge on any atom is -0.481 e. The highest BCUT2D eigenvalue weighted by Crippen LogP contribution is 2.43. The van der Waals surface area contributed by atoms with Crippen molar-refractivity contribution in [2.24, 2.45) is 5.41 Å². The zero-order valence-electron chi connectivity index (χ0n) is 13.2. The van der Waals surface area contributed by atoms with E-state index < -0.39 is 23.1 Å². The fourth-order valence-corrected chi connectivity index (χ4v) is 2.67. The lowest BCUT2D eigenvalue weighted by atomic mass is 9.66. The van der Waals surface area contributed by atoms with Gasteiger partial charge in [-0.25, -0.2) is 4.79 Å². The van der Waals surface area contributed by atoms with Gasteiger partial charge >= 0.3 is 12.1 Å². The Kier molecular flexibility index (Phi) is 4.72. The van der Waals surface area contributed by atoms with E-state index in [2.05, 4.69) is 5.32 Å². The van der Waals surface area contributed by atoms with Crippen LogP contribution in [0, 0.1) is 5.41 Å². The van der Waals surface area contributed by atoms with Crippen molar-refractivity contribution in [3.8, 4) is 0 Å². The Morgan fingerprint density at radius 2 is 1.70 bits per heavy atom. The van der Waals surface area contributed by atoms with E-state index in [9.17, 15) is 14.7 Å². The third-order valence-electron chi connectivity index (χ3n) is 4.24. The summed E-state index contributed by atoms with van der Waals surface area (Å²) in [6.07, 6.45) is 2.69. The first-order valence-electron chi connectivity index (χ1n) is 7.26. The highest BCUT2D eigenvalue weighted by molar-refractivity contribution is 5.75. The van der Waals surface area contributed by atoms with Crippen LogP contribution in [0.4, 0.5) is 4.79 Å². The predicted molar refractivity (Wildman–Crippen MR) is 76.6 cm³/mol. The van der Waals surface area contributed by atoms with Crippen LogP contribution >= 0.6 is 0 Å². The smallest absolute Gasteiger partial charge is 0.408 e. The Morgan fingerprint density at radius 1 is 1.20 bits per heavy atom. The maximum Gasteiger partial charge on any atom is 0.408 e. The van der Waals surface area contributed by atoms with Crippen molar-refractivity contribution in [1.82, 2.24) is 5.32 Å². The molecule has 0 saturated heterocycles. The molecule has 2 N–H and O–H groups in total. The van der Waals surface area contributed by atoms with Crippen molar-refractivity contribution in [3.05, 3.63) is 0 Å². The molecule has 1 aliphatic rings. The Labute approximate surface area is 121 Å². The first kappa shape index (κ1) is 16.8. The molecule has 0 aromatic rings. The van der Waals surface area contributed by atoms with E-state index in [4.69, 9.17) is 4.74 Å². The van der Waals surface area contributed by atoms with Gasteiger partial charge in [0.1, 0.15) is 5.60 Å². The standard InChI is InChI=1S/C15H27NO4/c1-6-15(11(17)18)9-7-14(5,8-10-15)16-12(19)20-13(2,3)4/h6-10H2,1-5H3,(H,16,19)(H,17,18). The Balaban J connectivity index is 2.62. The van der Waals surface area contributed by atoms with Crippen LogP contribution in [0.1, 0.15) is 66.7 Å². The van der Waals surface area contributed by atoms with Crippen molar-refractivity contribution in [2.45, 2.75) is 77.9 Å². The van der Waals surface area contributed by atoms with Gasteiger partial charge in [0, 0.05) is 5.54 Å². The number of aliphatic carboxylic acids is 1. The molecule has 0 aliphatic heterocycles. The number of ether oxygens (including phenoxy) is 1. The second kappa shape index (κ2) is 5.62. The zero-order valence-corrected chi connectivity index (χ0v) is 13.2. The second-order valence-corrected chi connectivity index (χ2v) is 7.13. The van der Waals surface area contributed by atoms with Crippen LogP contribution in [0.2, 0.25) is 0 Å². The minimum absolute atomic E-state index is 0.379. The van der Waals surface area contributed by atoms with Crippen LogP contribution in [0.5, 0.6) is 0 Å². The SMILES string of the molecule is CCC1(C(=O)O)CCC(C)(NC(=O)OC(C)(C)C)CC1. The maximum atomic E-state index is 11.8. The lowest BCUT2D eigenvalue weighted by Crippen LogP contribution is -2.52. The Bertz CT molecular complexity index is 376. The number of amides is 1. The van der Waals surface area contributed by atoms with Gasteiger partial charge in [-0.05, 0) is 59.8 Å². The molecule has 5 heteroatoms. The van der Waals surface area contributed by atoms with Crippen LogP contribution in [-0.2, 0) is 9.53 Å². The molecule has 0 spiro atoms. The number of alkyl carbamates (subject to hydrolysis) is 1. The van der Waals surface area contributed by atoms with Gasteiger partial charge in [-0.2, -0.15) is 0 Å². The molecule has 0 aromatic carbocycles. The van der Waals surface area contributed by atoms with Crippen LogP contribution < -0.4 is 5.32 Å². The monoisotopic (exact) mass is 285 g/mol. The summed E-state index contributed by atoms with van der Waals surface area (Å²) in [6.45, 7) is 9.34. The van der Waals surface area contributed by atoms with E-state index in [1.54, 1.807) is 0 Å². The largest absolute Gasteiger partial charge is 0.481 e. The highest BCUT2D eigenvalue weighted by Gasteiger charge is 2.45. The predicted octanol–water partition coefficient (Wildman–Crippen LogP) is 3.32. The van der Waals surface area contributed by atoms with Gasteiger partial charge in [-0.3, -0.25) is 4.79 Å². The second-order valence-electron chi connectivity index (χ2n) is 7.13. The molecular formula is C15H27NO4.